The first kappa shape index (κ1) is 16.8. The fourth-order valence-electron chi connectivity index (χ4n) is 3.36. The lowest BCUT2D eigenvalue weighted by molar-refractivity contribution is 0.0693. The summed E-state index contributed by atoms with van der Waals surface area (Å²) in [6, 6.07) is 19.4. The molecule has 1 aromatic heterocycles. The summed E-state index contributed by atoms with van der Waals surface area (Å²) in [6.45, 7) is 0. The molecule has 27 heavy (non-hydrogen) atoms. The van der Waals surface area contributed by atoms with Crippen molar-refractivity contribution in [3.05, 3.63) is 89.7 Å². The average molecular weight is 358 g/mol. The van der Waals surface area contributed by atoms with Crippen molar-refractivity contribution < 1.29 is 14.6 Å². The van der Waals surface area contributed by atoms with Crippen molar-refractivity contribution in [2.24, 2.45) is 0 Å². The number of fused-ring (bicyclic) bond motifs is 1. The maximum atomic E-state index is 11.7. The van der Waals surface area contributed by atoms with Gasteiger partial charge in [0.2, 0.25) is 0 Å². The number of methoxy groups -OCH3 is 1. The van der Waals surface area contributed by atoms with Gasteiger partial charge < -0.3 is 9.84 Å². The van der Waals surface area contributed by atoms with Gasteiger partial charge in [0.1, 0.15) is 11.3 Å². The van der Waals surface area contributed by atoms with Crippen LogP contribution in [0.1, 0.15) is 21.5 Å². The van der Waals surface area contributed by atoms with Crippen LogP contribution >= 0.6 is 0 Å². The molecule has 5 heteroatoms. The van der Waals surface area contributed by atoms with Crippen LogP contribution in [-0.4, -0.2) is 28.0 Å². The zero-order valence-corrected chi connectivity index (χ0v) is 14.8. The van der Waals surface area contributed by atoms with Gasteiger partial charge in [-0.05, 0) is 47.2 Å². The summed E-state index contributed by atoms with van der Waals surface area (Å²) < 4.78 is 7.19. The average Bonchev–Trinajstić information content (AvgIpc) is 3.23. The molecule has 1 N–H and O–H groups in total. The second-order valence-electron chi connectivity index (χ2n) is 6.26. The predicted octanol–water partition coefficient (Wildman–Crippen LogP) is 4.32. The second-order valence-corrected chi connectivity index (χ2v) is 6.26. The van der Waals surface area contributed by atoms with Gasteiger partial charge in [-0.15, -0.1) is 0 Å². The Morgan fingerprint density at radius 2 is 1.81 bits per heavy atom. The molecule has 0 aliphatic rings. The lowest BCUT2D eigenvalue weighted by atomic mass is 9.95. The zero-order chi connectivity index (χ0) is 18.8. The molecule has 0 bridgehead atoms. The van der Waals surface area contributed by atoms with Gasteiger partial charge in [-0.3, -0.25) is 0 Å². The molecular formula is C22H18N2O3. The number of aromatic nitrogens is 2. The van der Waals surface area contributed by atoms with Crippen LogP contribution in [0.15, 0.2) is 73.1 Å². The van der Waals surface area contributed by atoms with Crippen molar-refractivity contribution in [1.29, 1.82) is 0 Å². The van der Waals surface area contributed by atoms with Crippen LogP contribution in [0, 0.1) is 0 Å². The van der Waals surface area contributed by atoms with Crippen LogP contribution in [0.25, 0.3) is 16.5 Å². The van der Waals surface area contributed by atoms with E-state index in [0.29, 0.717) is 12.2 Å². The first-order chi connectivity index (χ1) is 13.2. The number of hydrogen-bond acceptors (Lipinski definition) is 3. The third kappa shape index (κ3) is 3.15. The minimum absolute atomic E-state index is 0.180. The number of nitrogens with zero attached hydrogens (tertiary/aromatic N) is 2. The topological polar surface area (TPSA) is 64.3 Å². The van der Waals surface area contributed by atoms with Crippen LogP contribution in [0.2, 0.25) is 0 Å². The molecule has 0 saturated carbocycles. The van der Waals surface area contributed by atoms with E-state index in [4.69, 9.17) is 4.74 Å². The predicted molar refractivity (Wildman–Crippen MR) is 104 cm³/mol. The normalized spacial score (nSPS) is 10.9. The standard InChI is InChI=1S/C22H18N2O3/c1-27-21-19-6-3-2-5-18(19)16(14-20(21)22(25)26)13-15-7-9-17(10-8-15)24-12-4-11-23-24/h2-12,14H,13H2,1H3,(H,25,26). The minimum Gasteiger partial charge on any atom is -0.495 e. The van der Waals surface area contributed by atoms with Crippen molar-refractivity contribution in [1.82, 2.24) is 9.78 Å². The molecule has 3 aromatic carbocycles. The molecule has 5 nitrogen and oxygen atoms in total. The van der Waals surface area contributed by atoms with Crippen LogP contribution in [-0.2, 0) is 6.42 Å². The number of ether oxygens (including phenoxy) is 1. The fourth-order valence-corrected chi connectivity index (χ4v) is 3.36. The van der Waals surface area contributed by atoms with Crippen molar-refractivity contribution in [3.8, 4) is 11.4 Å². The Morgan fingerprint density at radius 3 is 2.44 bits per heavy atom. The maximum absolute atomic E-state index is 11.7. The molecule has 4 rings (SSSR count). The summed E-state index contributed by atoms with van der Waals surface area (Å²) in [4.78, 5) is 11.7. The molecule has 0 aliphatic carbocycles. The summed E-state index contributed by atoms with van der Waals surface area (Å²) in [6.07, 6.45) is 4.26. The van der Waals surface area contributed by atoms with E-state index < -0.39 is 5.97 Å². The van der Waals surface area contributed by atoms with Crippen LogP contribution < -0.4 is 4.74 Å². The summed E-state index contributed by atoms with van der Waals surface area (Å²) >= 11 is 0. The van der Waals surface area contributed by atoms with Crippen LogP contribution in [0.4, 0.5) is 0 Å². The van der Waals surface area contributed by atoms with Crippen molar-refractivity contribution in [3.63, 3.8) is 0 Å². The van der Waals surface area contributed by atoms with E-state index in [2.05, 4.69) is 5.10 Å². The first-order valence-electron chi connectivity index (χ1n) is 8.58. The molecule has 0 saturated heterocycles. The van der Waals surface area contributed by atoms with Gasteiger partial charge in [0, 0.05) is 17.8 Å². The van der Waals surface area contributed by atoms with E-state index in [9.17, 15) is 9.90 Å². The highest BCUT2D eigenvalue weighted by Gasteiger charge is 2.17. The number of carbonyl (C=O) groups is 1. The van der Waals surface area contributed by atoms with Crippen LogP contribution in [0.5, 0.6) is 5.75 Å². The van der Waals surface area contributed by atoms with Gasteiger partial charge in [-0.2, -0.15) is 5.10 Å². The summed E-state index contributed by atoms with van der Waals surface area (Å²) in [5.74, 6) is -0.594. The highest BCUT2D eigenvalue weighted by atomic mass is 16.5. The molecule has 0 spiro atoms. The number of aromatic carboxylic acids is 1. The smallest absolute Gasteiger partial charge is 0.339 e. The Labute approximate surface area is 156 Å². The highest BCUT2D eigenvalue weighted by molar-refractivity contribution is 6.02. The zero-order valence-electron chi connectivity index (χ0n) is 14.8. The molecule has 1 heterocycles. The molecule has 0 radical (unpaired) electrons. The van der Waals surface area contributed by atoms with Gasteiger partial charge in [0.25, 0.3) is 0 Å². The Hall–Kier alpha value is -3.60. The number of carboxylic acid groups (broad SMARTS) is 1. The van der Waals surface area contributed by atoms with Gasteiger partial charge in [0.15, 0.2) is 0 Å². The summed E-state index contributed by atoms with van der Waals surface area (Å²) in [5.41, 5.74) is 3.21. The Bertz CT molecular complexity index is 1100. The third-order valence-corrected chi connectivity index (χ3v) is 4.62. The number of rotatable bonds is 5. The van der Waals surface area contributed by atoms with E-state index in [1.807, 2.05) is 60.8 Å². The van der Waals surface area contributed by atoms with Gasteiger partial charge >= 0.3 is 5.97 Å². The summed E-state index contributed by atoms with van der Waals surface area (Å²) in [5, 5.41) is 15.6. The molecule has 0 atom stereocenters. The van der Waals surface area contributed by atoms with Crippen LogP contribution in [0.3, 0.4) is 0 Å². The van der Waals surface area contributed by atoms with E-state index in [0.717, 1.165) is 27.6 Å². The van der Waals surface area contributed by atoms with E-state index in [1.165, 1.54) is 7.11 Å². The number of carboxylic acids is 1. The number of benzene rings is 3. The second kappa shape index (κ2) is 6.96. The largest absolute Gasteiger partial charge is 0.495 e. The molecule has 4 aromatic rings. The van der Waals surface area contributed by atoms with E-state index in [1.54, 1.807) is 16.9 Å². The monoisotopic (exact) mass is 358 g/mol. The van der Waals surface area contributed by atoms with Crippen molar-refractivity contribution >= 4 is 16.7 Å². The molecule has 0 aliphatic heterocycles. The lowest BCUT2D eigenvalue weighted by Crippen LogP contribution is -2.04. The van der Waals surface area contributed by atoms with Gasteiger partial charge in [-0.1, -0.05) is 36.4 Å². The maximum Gasteiger partial charge on any atom is 0.339 e. The van der Waals surface area contributed by atoms with Crippen molar-refractivity contribution in [2.75, 3.05) is 7.11 Å². The molecule has 0 amide bonds. The fraction of sp³-hybridized carbons (Fsp3) is 0.0909. The van der Waals surface area contributed by atoms with Crippen molar-refractivity contribution in [2.45, 2.75) is 6.42 Å². The lowest BCUT2D eigenvalue weighted by Gasteiger charge is -2.14. The SMILES string of the molecule is COc1c(C(=O)O)cc(Cc2ccc(-n3cccn3)cc2)c2ccccc12. The summed E-state index contributed by atoms with van der Waals surface area (Å²) in [7, 11) is 1.50. The Morgan fingerprint density at radius 1 is 1.07 bits per heavy atom. The number of hydrogen-bond donors (Lipinski definition) is 1. The Balaban J connectivity index is 1.76. The van der Waals surface area contributed by atoms with Gasteiger partial charge in [-0.25, -0.2) is 9.48 Å². The van der Waals surface area contributed by atoms with Gasteiger partial charge in [0.05, 0.1) is 12.8 Å². The van der Waals surface area contributed by atoms with E-state index in [-0.39, 0.29) is 5.56 Å². The molecule has 0 fully saturated rings. The molecular weight excluding hydrogens is 340 g/mol. The molecule has 134 valence electrons. The first-order valence-corrected chi connectivity index (χ1v) is 8.58. The molecule has 0 unspecified atom stereocenters. The Kier molecular flexibility index (Phi) is 4.34. The highest BCUT2D eigenvalue weighted by Crippen LogP contribution is 2.33. The third-order valence-electron chi connectivity index (χ3n) is 4.62. The quantitative estimate of drug-likeness (QED) is 0.577. The van der Waals surface area contributed by atoms with E-state index >= 15 is 0 Å². The minimum atomic E-state index is -0.993.